The molecule has 1 aromatic rings. The highest BCUT2D eigenvalue weighted by molar-refractivity contribution is 5.85. The summed E-state index contributed by atoms with van der Waals surface area (Å²) in [5, 5.41) is 3.32. The number of hydrogen-bond donors (Lipinski definition) is 2. The van der Waals surface area contributed by atoms with E-state index >= 15 is 0 Å². The Morgan fingerprint density at radius 3 is 2.48 bits per heavy atom. The SMILES string of the molecule is Cl.NC1C2CCCC1CC(C(=O)NC1(c3cccc(F)c3)CCOCC1)C2. The number of hydrogen-bond acceptors (Lipinski definition) is 3. The van der Waals surface area contributed by atoms with Gasteiger partial charge in [0.25, 0.3) is 0 Å². The molecule has 0 spiro atoms. The molecule has 2 bridgehead atoms. The van der Waals surface area contributed by atoms with E-state index in [0.717, 1.165) is 31.2 Å². The molecular formula is C21H30ClFN2O2. The summed E-state index contributed by atoms with van der Waals surface area (Å²) in [5.74, 6) is 0.815. The second-order valence-electron chi connectivity index (χ2n) is 8.39. The maximum atomic E-state index is 13.8. The van der Waals surface area contributed by atoms with Crippen molar-refractivity contribution in [3.63, 3.8) is 0 Å². The van der Waals surface area contributed by atoms with Gasteiger partial charge in [-0.2, -0.15) is 0 Å². The molecule has 0 radical (unpaired) electrons. The molecule has 1 saturated heterocycles. The normalized spacial score (nSPS) is 32.2. The lowest BCUT2D eigenvalue weighted by atomic mass is 9.64. The molecule has 2 unspecified atom stereocenters. The second kappa shape index (κ2) is 8.46. The van der Waals surface area contributed by atoms with E-state index in [2.05, 4.69) is 5.32 Å². The molecule has 2 saturated carbocycles. The van der Waals surface area contributed by atoms with E-state index < -0.39 is 5.54 Å². The zero-order valence-corrected chi connectivity index (χ0v) is 16.5. The molecule has 3 fully saturated rings. The maximum absolute atomic E-state index is 13.8. The van der Waals surface area contributed by atoms with Gasteiger partial charge in [0.05, 0.1) is 5.54 Å². The molecule has 1 aromatic carbocycles. The molecular weight excluding hydrogens is 367 g/mol. The number of fused-ring (bicyclic) bond motifs is 2. The first-order valence-corrected chi connectivity index (χ1v) is 9.99. The van der Waals surface area contributed by atoms with Crippen LogP contribution in [0.5, 0.6) is 0 Å². The fourth-order valence-corrected chi connectivity index (χ4v) is 5.33. The molecule has 3 N–H and O–H groups in total. The van der Waals surface area contributed by atoms with Crippen LogP contribution in [-0.4, -0.2) is 25.2 Å². The van der Waals surface area contributed by atoms with Gasteiger partial charge in [-0.05, 0) is 68.1 Å². The molecule has 2 aliphatic carbocycles. The smallest absolute Gasteiger partial charge is 0.223 e. The fraction of sp³-hybridized carbons (Fsp3) is 0.667. The van der Waals surface area contributed by atoms with Crippen molar-refractivity contribution in [1.29, 1.82) is 0 Å². The summed E-state index contributed by atoms with van der Waals surface area (Å²) < 4.78 is 19.3. The first-order chi connectivity index (χ1) is 12.6. The number of rotatable bonds is 3. The topological polar surface area (TPSA) is 64.4 Å². The zero-order valence-electron chi connectivity index (χ0n) is 15.7. The first-order valence-electron chi connectivity index (χ1n) is 9.99. The Hall–Kier alpha value is -1.17. The van der Waals surface area contributed by atoms with Gasteiger partial charge in [-0.3, -0.25) is 4.79 Å². The number of nitrogens with one attached hydrogen (secondary N) is 1. The van der Waals surface area contributed by atoms with Crippen molar-refractivity contribution in [2.45, 2.75) is 56.5 Å². The fourth-order valence-electron chi connectivity index (χ4n) is 5.33. The van der Waals surface area contributed by atoms with Gasteiger partial charge in [0.15, 0.2) is 0 Å². The molecule has 1 amide bonds. The van der Waals surface area contributed by atoms with Crippen molar-refractivity contribution in [3.8, 4) is 0 Å². The molecule has 27 heavy (non-hydrogen) atoms. The number of halogens is 2. The minimum Gasteiger partial charge on any atom is -0.381 e. The van der Waals surface area contributed by atoms with Crippen molar-refractivity contribution in [3.05, 3.63) is 35.6 Å². The van der Waals surface area contributed by atoms with E-state index in [1.165, 1.54) is 12.5 Å². The molecule has 3 aliphatic rings. The van der Waals surface area contributed by atoms with Crippen molar-refractivity contribution in [2.24, 2.45) is 23.5 Å². The summed E-state index contributed by atoms with van der Waals surface area (Å²) in [7, 11) is 0. The molecule has 6 heteroatoms. The molecule has 0 aromatic heterocycles. The maximum Gasteiger partial charge on any atom is 0.223 e. The third kappa shape index (κ3) is 4.15. The summed E-state index contributed by atoms with van der Waals surface area (Å²) in [6.07, 6.45) is 6.66. The minimum absolute atomic E-state index is 0. The van der Waals surface area contributed by atoms with Gasteiger partial charge in [-0.15, -0.1) is 12.4 Å². The predicted octanol–water partition coefficient (Wildman–Crippen LogP) is 3.52. The highest BCUT2D eigenvalue weighted by Crippen LogP contribution is 2.42. The van der Waals surface area contributed by atoms with Crippen LogP contribution in [0.3, 0.4) is 0 Å². The Morgan fingerprint density at radius 2 is 1.85 bits per heavy atom. The van der Waals surface area contributed by atoms with E-state index in [0.29, 0.717) is 37.9 Å². The van der Waals surface area contributed by atoms with Crippen LogP contribution < -0.4 is 11.1 Å². The van der Waals surface area contributed by atoms with Crippen LogP contribution in [0.25, 0.3) is 0 Å². The van der Waals surface area contributed by atoms with Crippen molar-refractivity contribution >= 4 is 18.3 Å². The summed E-state index contributed by atoms with van der Waals surface area (Å²) in [6.45, 7) is 1.16. The Morgan fingerprint density at radius 1 is 1.19 bits per heavy atom. The number of carbonyl (C=O) groups is 1. The summed E-state index contributed by atoms with van der Waals surface area (Å²) in [5.41, 5.74) is 6.70. The van der Waals surface area contributed by atoms with Crippen molar-refractivity contribution < 1.29 is 13.9 Å². The number of nitrogens with two attached hydrogens (primary N) is 1. The van der Waals surface area contributed by atoms with E-state index in [-0.39, 0.29) is 36.1 Å². The van der Waals surface area contributed by atoms with Gasteiger partial charge >= 0.3 is 0 Å². The predicted molar refractivity (Wildman–Crippen MR) is 105 cm³/mol. The van der Waals surface area contributed by atoms with Gasteiger partial charge in [0.2, 0.25) is 5.91 Å². The average Bonchev–Trinajstić information content (AvgIpc) is 2.62. The van der Waals surface area contributed by atoms with Gasteiger partial charge in [0.1, 0.15) is 5.82 Å². The Bertz CT molecular complexity index is 651. The van der Waals surface area contributed by atoms with Crippen LogP contribution in [0.1, 0.15) is 50.5 Å². The monoisotopic (exact) mass is 396 g/mol. The number of carbonyl (C=O) groups excluding carboxylic acids is 1. The van der Waals surface area contributed by atoms with Gasteiger partial charge in [-0.25, -0.2) is 4.39 Å². The van der Waals surface area contributed by atoms with Crippen molar-refractivity contribution in [2.75, 3.05) is 13.2 Å². The number of benzene rings is 1. The van der Waals surface area contributed by atoms with Gasteiger partial charge in [-0.1, -0.05) is 18.6 Å². The third-order valence-electron chi connectivity index (χ3n) is 6.87. The lowest BCUT2D eigenvalue weighted by Crippen LogP contribution is -2.54. The standard InChI is InChI=1S/C21H29FN2O2.ClH/c22-18-6-2-5-17(13-18)21(7-9-26-10-8-21)24-20(25)16-11-14-3-1-4-15(12-16)19(14)23;/h2,5-6,13-16,19H,1,3-4,7-12,23H2,(H,24,25);1H. The van der Waals surface area contributed by atoms with Crippen LogP contribution in [0.15, 0.2) is 24.3 Å². The summed E-state index contributed by atoms with van der Waals surface area (Å²) >= 11 is 0. The number of ether oxygens (including phenoxy) is 1. The van der Waals surface area contributed by atoms with E-state index in [1.54, 1.807) is 12.1 Å². The molecule has 2 atom stereocenters. The quantitative estimate of drug-likeness (QED) is 0.821. The Balaban J connectivity index is 0.00000210. The van der Waals surface area contributed by atoms with E-state index in [9.17, 15) is 9.18 Å². The highest BCUT2D eigenvalue weighted by Gasteiger charge is 2.43. The van der Waals surface area contributed by atoms with Crippen LogP contribution in [0, 0.1) is 23.6 Å². The number of amides is 1. The van der Waals surface area contributed by atoms with Crippen LogP contribution in [0.2, 0.25) is 0 Å². The summed E-state index contributed by atoms with van der Waals surface area (Å²) in [6, 6.07) is 6.89. The first kappa shape index (κ1) is 20.6. The third-order valence-corrected chi connectivity index (χ3v) is 6.87. The van der Waals surface area contributed by atoms with Crippen LogP contribution >= 0.6 is 12.4 Å². The second-order valence-corrected chi connectivity index (χ2v) is 8.39. The molecule has 4 nitrogen and oxygen atoms in total. The Kier molecular flexibility index (Phi) is 6.44. The average molecular weight is 397 g/mol. The molecule has 1 heterocycles. The molecule has 1 aliphatic heterocycles. The van der Waals surface area contributed by atoms with Crippen LogP contribution in [0.4, 0.5) is 4.39 Å². The zero-order chi connectivity index (χ0) is 18.1. The lowest BCUT2D eigenvalue weighted by Gasteiger charge is -2.45. The summed E-state index contributed by atoms with van der Waals surface area (Å²) in [4.78, 5) is 13.2. The Labute approximate surface area is 166 Å². The van der Waals surface area contributed by atoms with E-state index in [4.69, 9.17) is 10.5 Å². The lowest BCUT2D eigenvalue weighted by molar-refractivity contribution is -0.131. The molecule has 4 rings (SSSR count). The van der Waals surface area contributed by atoms with Crippen LogP contribution in [-0.2, 0) is 15.1 Å². The van der Waals surface area contributed by atoms with Crippen molar-refractivity contribution in [1.82, 2.24) is 5.32 Å². The largest absolute Gasteiger partial charge is 0.381 e. The highest BCUT2D eigenvalue weighted by atomic mass is 35.5. The van der Waals surface area contributed by atoms with Gasteiger partial charge < -0.3 is 15.8 Å². The van der Waals surface area contributed by atoms with Gasteiger partial charge in [0, 0.05) is 25.2 Å². The van der Waals surface area contributed by atoms with E-state index in [1.807, 2.05) is 6.07 Å². The molecule has 150 valence electrons. The minimum atomic E-state index is -0.522.